The smallest absolute Gasteiger partial charge is 0.274 e. The molecule has 0 aliphatic carbocycles. The Labute approximate surface area is 142 Å². The molecule has 1 aliphatic heterocycles. The van der Waals surface area contributed by atoms with Gasteiger partial charge in [-0.3, -0.25) is 14.9 Å². The highest BCUT2D eigenvalue weighted by Crippen LogP contribution is 2.19. The molecule has 0 unspecified atom stereocenters. The molecule has 0 atom stereocenters. The second-order valence-electron chi connectivity index (χ2n) is 6.28. The van der Waals surface area contributed by atoms with Crippen LogP contribution in [0.5, 0.6) is 0 Å². The summed E-state index contributed by atoms with van der Waals surface area (Å²) < 4.78 is 0. The molecule has 2 N–H and O–H groups in total. The van der Waals surface area contributed by atoms with Crippen molar-refractivity contribution >= 4 is 12.0 Å². The third-order valence-corrected chi connectivity index (χ3v) is 4.37. The fourth-order valence-corrected chi connectivity index (χ4v) is 3.17. The normalized spacial score (nSPS) is 15.0. The van der Waals surface area contributed by atoms with Crippen molar-refractivity contribution in [1.29, 1.82) is 0 Å². The van der Waals surface area contributed by atoms with E-state index in [2.05, 4.69) is 42.2 Å². The van der Waals surface area contributed by atoms with Crippen molar-refractivity contribution in [2.45, 2.75) is 19.9 Å². The monoisotopic (exact) mass is 322 g/mol. The van der Waals surface area contributed by atoms with E-state index in [1.165, 1.54) is 16.7 Å². The van der Waals surface area contributed by atoms with Gasteiger partial charge in [0.2, 0.25) is 0 Å². The summed E-state index contributed by atoms with van der Waals surface area (Å²) in [5.41, 5.74) is 7.32. The highest BCUT2D eigenvalue weighted by atomic mass is 16.5. The molecule has 2 aromatic carbocycles. The van der Waals surface area contributed by atoms with Crippen molar-refractivity contribution in [3.63, 3.8) is 0 Å². The lowest BCUT2D eigenvalue weighted by Gasteiger charge is -2.29. The fourth-order valence-electron chi connectivity index (χ4n) is 3.17. The summed E-state index contributed by atoms with van der Waals surface area (Å²) in [6.07, 6.45) is 3.25. The molecule has 2 aromatic rings. The molecule has 1 amide bonds. The van der Waals surface area contributed by atoms with E-state index in [0.717, 1.165) is 31.6 Å². The van der Waals surface area contributed by atoms with E-state index in [0.29, 0.717) is 5.56 Å². The van der Waals surface area contributed by atoms with Crippen LogP contribution in [-0.2, 0) is 13.0 Å². The standard InChI is InChI=1S/C20H22N2O2/c1-15(12-16-6-8-18(9-7-16)20(23)21-24)13-22-11-10-17-4-2-3-5-19(17)14-22/h2-9,12,24H,10-11,13-14H2,1H3,(H,21,23)/b15-12+. The zero-order valence-electron chi connectivity index (χ0n) is 13.8. The van der Waals surface area contributed by atoms with Crippen molar-refractivity contribution in [2.75, 3.05) is 13.1 Å². The SMILES string of the molecule is C/C(=C\c1ccc(C(=O)NO)cc1)CN1CCc2ccccc2C1. The van der Waals surface area contributed by atoms with Gasteiger partial charge in [0.05, 0.1) is 0 Å². The van der Waals surface area contributed by atoms with E-state index in [1.54, 1.807) is 17.6 Å². The topological polar surface area (TPSA) is 52.6 Å². The first-order valence-corrected chi connectivity index (χ1v) is 8.16. The number of carbonyl (C=O) groups excluding carboxylic acids is 1. The number of nitrogens with zero attached hydrogens (tertiary/aromatic N) is 1. The van der Waals surface area contributed by atoms with Gasteiger partial charge in [-0.05, 0) is 42.2 Å². The second kappa shape index (κ2) is 7.43. The molecular formula is C20H22N2O2. The number of benzene rings is 2. The highest BCUT2D eigenvalue weighted by Gasteiger charge is 2.15. The first-order valence-electron chi connectivity index (χ1n) is 8.16. The van der Waals surface area contributed by atoms with Crippen molar-refractivity contribution < 1.29 is 10.0 Å². The molecule has 0 saturated heterocycles. The molecule has 0 bridgehead atoms. The maximum Gasteiger partial charge on any atom is 0.274 e. The van der Waals surface area contributed by atoms with Crippen LogP contribution in [0.3, 0.4) is 0 Å². The molecular weight excluding hydrogens is 300 g/mol. The van der Waals surface area contributed by atoms with E-state index in [4.69, 9.17) is 5.21 Å². The molecule has 0 saturated carbocycles. The lowest BCUT2D eigenvalue weighted by atomic mass is 9.99. The zero-order chi connectivity index (χ0) is 16.9. The van der Waals surface area contributed by atoms with Crippen molar-refractivity contribution in [3.8, 4) is 0 Å². The first-order chi connectivity index (χ1) is 11.7. The summed E-state index contributed by atoms with van der Waals surface area (Å²) in [6.45, 7) is 5.15. The number of hydrogen-bond donors (Lipinski definition) is 2. The Morgan fingerprint density at radius 1 is 1.17 bits per heavy atom. The van der Waals surface area contributed by atoms with Crippen LogP contribution in [0.1, 0.15) is 34.0 Å². The summed E-state index contributed by atoms with van der Waals surface area (Å²) in [7, 11) is 0. The van der Waals surface area contributed by atoms with Crippen LogP contribution in [0.15, 0.2) is 54.1 Å². The number of amides is 1. The minimum absolute atomic E-state index is 0.444. The molecule has 0 aromatic heterocycles. The summed E-state index contributed by atoms with van der Waals surface area (Å²) in [6, 6.07) is 15.9. The van der Waals surface area contributed by atoms with Crippen LogP contribution in [0.4, 0.5) is 0 Å². The van der Waals surface area contributed by atoms with E-state index < -0.39 is 5.91 Å². The third kappa shape index (κ3) is 3.91. The van der Waals surface area contributed by atoms with Gasteiger partial charge in [-0.25, -0.2) is 5.48 Å². The Hall–Kier alpha value is -2.43. The van der Waals surface area contributed by atoms with E-state index in [-0.39, 0.29) is 0 Å². The molecule has 0 radical (unpaired) electrons. The molecule has 1 heterocycles. The summed E-state index contributed by atoms with van der Waals surface area (Å²) in [5, 5.41) is 8.64. The largest absolute Gasteiger partial charge is 0.295 e. The Balaban J connectivity index is 1.63. The molecule has 4 nitrogen and oxygen atoms in total. The van der Waals surface area contributed by atoms with Gasteiger partial charge in [0.15, 0.2) is 0 Å². The number of rotatable bonds is 4. The van der Waals surface area contributed by atoms with Crippen LogP contribution in [0, 0.1) is 0 Å². The number of hydrogen-bond acceptors (Lipinski definition) is 3. The van der Waals surface area contributed by atoms with Gasteiger partial charge >= 0.3 is 0 Å². The Bertz CT molecular complexity index is 750. The van der Waals surface area contributed by atoms with Crippen molar-refractivity contribution in [3.05, 3.63) is 76.4 Å². The van der Waals surface area contributed by atoms with Gasteiger partial charge in [-0.1, -0.05) is 48.0 Å². The highest BCUT2D eigenvalue weighted by molar-refractivity contribution is 5.93. The van der Waals surface area contributed by atoms with Gasteiger partial charge in [0.25, 0.3) is 5.91 Å². The predicted octanol–water partition coefficient (Wildman–Crippen LogP) is 3.27. The van der Waals surface area contributed by atoms with E-state index in [1.807, 2.05) is 12.1 Å². The van der Waals surface area contributed by atoms with Crippen LogP contribution in [-0.4, -0.2) is 29.1 Å². The van der Waals surface area contributed by atoms with Gasteiger partial charge in [-0.2, -0.15) is 0 Å². The Morgan fingerprint density at radius 2 is 1.88 bits per heavy atom. The number of nitrogens with one attached hydrogen (secondary N) is 1. The lowest BCUT2D eigenvalue weighted by molar-refractivity contribution is 0.0706. The maximum atomic E-state index is 11.3. The molecule has 24 heavy (non-hydrogen) atoms. The minimum atomic E-state index is -0.491. The molecule has 0 spiro atoms. The van der Waals surface area contributed by atoms with Crippen LogP contribution < -0.4 is 5.48 Å². The summed E-state index contributed by atoms with van der Waals surface area (Å²) in [5.74, 6) is -0.491. The molecule has 4 heteroatoms. The fraction of sp³-hybridized carbons (Fsp3) is 0.250. The number of carbonyl (C=O) groups is 1. The quantitative estimate of drug-likeness (QED) is 0.671. The van der Waals surface area contributed by atoms with Gasteiger partial charge in [-0.15, -0.1) is 0 Å². The molecule has 3 rings (SSSR count). The Kier molecular flexibility index (Phi) is 5.08. The average molecular weight is 322 g/mol. The second-order valence-corrected chi connectivity index (χ2v) is 6.28. The van der Waals surface area contributed by atoms with Gasteiger partial charge in [0, 0.05) is 25.2 Å². The maximum absolute atomic E-state index is 11.3. The summed E-state index contributed by atoms with van der Waals surface area (Å²) in [4.78, 5) is 13.8. The Morgan fingerprint density at radius 3 is 2.58 bits per heavy atom. The average Bonchev–Trinajstić information content (AvgIpc) is 2.61. The van der Waals surface area contributed by atoms with E-state index >= 15 is 0 Å². The van der Waals surface area contributed by atoms with Gasteiger partial charge < -0.3 is 0 Å². The predicted molar refractivity (Wildman–Crippen MR) is 94.8 cm³/mol. The van der Waals surface area contributed by atoms with Gasteiger partial charge in [0.1, 0.15) is 0 Å². The van der Waals surface area contributed by atoms with Crippen LogP contribution in [0.2, 0.25) is 0 Å². The van der Waals surface area contributed by atoms with Crippen molar-refractivity contribution in [2.24, 2.45) is 0 Å². The van der Waals surface area contributed by atoms with Crippen molar-refractivity contribution in [1.82, 2.24) is 10.4 Å². The summed E-state index contributed by atoms with van der Waals surface area (Å²) >= 11 is 0. The lowest BCUT2D eigenvalue weighted by Crippen LogP contribution is -2.31. The first kappa shape index (κ1) is 16.4. The molecule has 124 valence electrons. The molecule has 1 aliphatic rings. The van der Waals surface area contributed by atoms with Crippen LogP contribution in [0.25, 0.3) is 6.08 Å². The zero-order valence-corrected chi connectivity index (χ0v) is 13.8. The third-order valence-electron chi connectivity index (χ3n) is 4.37. The number of fused-ring (bicyclic) bond motifs is 1. The molecule has 0 fully saturated rings. The minimum Gasteiger partial charge on any atom is -0.295 e. The number of hydroxylamine groups is 1. The van der Waals surface area contributed by atoms with Crippen LogP contribution >= 0.6 is 0 Å². The van der Waals surface area contributed by atoms with E-state index in [9.17, 15) is 4.79 Å².